The van der Waals surface area contributed by atoms with Gasteiger partial charge in [-0.1, -0.05) is 0 Å². The molecule has 6 nitrogen and oxygen atoms in total. The van der Waals surface area contributed by atoms with Crippen LogP contribution in [0.5, 0.6) is 0 Å². The van der Waals surface area contributed by atoms with Crippen LogP contribution in [0.4, 0.5) is 5.69 Å². The number of nitrogens with one attached hydrogen (secondary N) is 1. The van der Waals surface area contributed by atoms with Gasteiger partial charge in [0.05, 0.1) is 5.92 Å². The largest absolute Gasteiger partial charge is 0.423 e. The molecule has 6 heteroatoms. The molecule has 1 aliphatic heterocycles. The van der Waals surface area contributed by atoms with Gasteiger partial charge >= 0.3 is 5.63 Å². The van der Waals surface area contributed by atoms with Crippen LogP contribution in [-0.2, 0) is 9.59 Å². The molecule has 2 heterocycles. The fourth-order valence-electron chi connectivity index (χ4n) is 3.29. The molecular formula is C18H18N2O4. The summed E-state index contributed by atoms with van der Waals surface area (Å²) in [5.74, 6) is -0.419. The number of fused-ring (bicyclic) bond motifs is 1. The lowest BCUT2D eigenvalue weighted by atomic mass is 10.1. The van der Waals surface area contributed by atoms with Gasteiger partial charge in [-0.05, 0) is 37.5 Å². The summed E-state index contributed by atoms with van der Waals surface area (Å²) < 4.78 is 5.19. The molecule has 1 unspecified atom stereocenters. The maximum absolute atomic E-state index is 12.4. The first-order valence-corrected chi connectivity index (χ1v) is 8.16. The number of likely N-dealkylation sites (tertiary alicyclic amines) is 1. The van der Waals surface area contributed by atoms with E-state index in [1.54, 1.807) is 12.1 Å². The zero-order valence-corrected chi connectivity index (χ0v) is 13.4. The molecule has 1 saturated heterocycles. The number of carbonyl (C=O) groups is 2. The van der Waals surface area contributed by atoms with Gasteiger partial charge in [0.1, 0.15) is 5.58 Å². The van der Waals surface area contributed by atoms with Crippen LogP contribution in [0, 0.1) is 12.8 Å². The molecule has 0 spiro atoms. The number of amides is 2. The van der Waals surface area contributed by atoms with Crippen LogP contribution < -0.4 is 10.9 Å². The Labute approximate surface area is 138 Å². The van der Waals surface area contributed by atoms with Crippen molar-refractivity contribution in [1.29, 1.82) is 0 Å². The Morgan fingerprint density at radius 1 is 1.25 bits per heavy atom. The molecule has 1 aliphatic carbocycles. The third-order valence-electron chi connectivity index (χ3n) is 4.74. The normalized spacial score (nSPS) is 20.6. The molecule has 2 aliphatic rings. The second-order valence-electron chi connectivity index (χ2n) is 6.63. The highest BCUT2D eigenvalue weighted by Gasteiger charge is 2.41. The van der Waals surface area contributed by atoms with E-state index in [0.717, 1.165) is 23.8 Å². The van der Waals surface area contributed by atoms with Gasteiger partial charge in [-0.3, -0.25) is 9.59 Å². The van der Waals surface area contributed by atoms with E-state index < -0.39 is 5.63 Å². The summed E-state index contributed by atoms with van der Waals surface area (Å²) in [4.78, 5) is 37.7. The van der Waals surface area contributed by atoms with E-state index in [2.05, 4.69) is 5.32 Å². The van der Waals surface area contributed by atoms with Gasteiger partial charge in [0.25, 0.3) is 0 Å². The number of carbonyl (C=O) groups excluding carboxylic acids is 2. The molecule has 2 amide bonds. The van der Waals surface area contributed by atoms with Gasteiger partial charge in [0.2, 0.25) is 11.8 Å². The molecule has 1 aromatic heterocycles. The zero-order valence-electron chi connectivity index (χ0n) is 13.4. The Balaban J connectivity index is 1.52. The summed E-state index contributed by atoms with van der Waals surface area (Å²) in [6.07, 6.45) is 2.36. The Morgan fingerprint density at radius 3 is 2.79 bits per heavy atom. The first-order valence-electron chi connectivity index (χ1n) is 8.16. The molecule has 2 aromatic rings. The highest BCUT2D eigenvalue weighted by molar-refractivity contribution is 5.98. The Hall–Kier alpha value is -2.63. The molecule has 1 N–H and O–H groups in total. The lowest BCUT2D eigenvalue weighted by Crippen LogP contribution is -2.29. The number of rotatable bonds is 3. The number of hydrogen-bond donors (Lipinski definition) is 1. The SMILES string of the molecule is Cc1cc(=O)oc2cc(NC(=O)C3CC(=O)N(C4CC4)C3)ccc12. The molecule has 2 fully saturated rings. The minimum absolute atomic E-state index is 0.0674. The summed E-state index contributed by atoms with van der Waals surface area (Å²) >= 11 is 0. The molecule has 24 heavy (non-hydrogen) atoms. The number of benzene rings is 1. The standard InChI is InChI=1S/C18H18N2O4/c1-10-6-17(22)24-15-8-12(2-5-14(10)15)19-18(23)11-7-16(21)20(9-11)13-3-4-13/h2,5-6,8,11,13H,3-4,7,9H2,1H3,(H,19,23). The van der Waals surface area contributed by atoms with Crippen molar-refractivity contribution in [2.75, 3.05) is 11.9 Å². The average Bonchev–Trinajstić information content (AvgIpc) is 3.29. The van der Waals surface area contributed by atoms with E-state index >= 15 is 0 Å². The summed E-state index contributed by atoms with van der Waals surface area (Å²) in [7, 11) is 0. The van der Waals surface area contributed by atoms with Crippen molar-refractivity contribution in [2.24, 2.45) is 5.92 Å². The van der Waals surface area contributed by atoms with Crippen LogP contribution in [0.25, 0.3) is 11.0 Å². The number of nitrogens with zero attached hydrogens (tertiary/aromatic N) is 1. The van der Waals surface area contributed by atoms with Crippen molar-refractivity contribution >= 4 is 28.5 Å². The van der Waals surface area contributed by atoms with Crippen molar-refractivity contribution in [3.8, 4) is 0 Å². The quantitative estimate of drug-likeness (QED) is 0.876. The van der Waals surface area contributed by atoms with E-state index in [-0.39, 0.29) is 24.2 Å². The van der Waals surface area contributed by atoms with Crippen LogP contribution in [0.15, 0.2) is 33.5 Å². The van der Waals surface area contributed by atoms with Crippen LogP contribution in [-0.4, -0.2) is 29.3 Å². The molecule has 124 valence electrons. The van der Waals surface area contributed by atoms with Gasteiger partial charge in [0, 0.05) is 42.2 Å². The molecule has 0 radical (unpaired) electrons. The van der Waals surface area contributed by atoms with Crippen LogP contribution >= 0.6 is 0 Å². The van der Waals surface area contributed by atoms with Gasteiger partial charge < -0.3 is 14.6 Å². The zero-order chi connectivity index (χ0) is 16.8. The fourth-order valence-corrected chi connectivity index (χ4v) is 3.29. The second-order valence-corrected chi connectivity index (χ2v) is 6.63. The summed E-state index contributed by atoms with van der Waals surface area (Å²) in [6.45, 7) is 2.34. The van der Waals surface area contributed by atoms with Gasteiger partial charge in [-0.25, -0.2) is 4.79 Å². The average molecular weight is 326 g/mol. The van der Waals surface area contributed by atoms with E-state index in [0.29, 0.717) is 23.9 Å². The number of aryl methyl sites for hydroxylation is 1. The predicted molar refractivity (Wildman–Crippen MR) is 88.7 cm³/mol. The van der Waals surface area contributed by atoms with Crippen molar-refractivity contribution in [2.45, 2.75) is 32.2 Å². The molecule has 4 rings (SSSR count). The van der Waals surface area contributed by atoms with Crippen LogP contribution in [0.2, 0.25) is 0 Å². The van der Waals surface area contributed by atoms with Gasteiger partial charge in [-0.15, -0.1) is 0 Å². The van der Waals surface area contributed by atoms with Crippen molar-refractivity contribution in [3.63, 3.8) is 0 Å². The summed E-state index contributed by atoms with van der Waals surface area (Å²) in [6, 6.07) is 7.03. The maximum Gasteiger partial charge on any atom is 0.336 e. The lowest BCUT2D eigenvalue weighted by Gasteiger charge is -2.15. The minimum atomic E-state index is -0.412. The molecule has 0 bridgehead atoms. The predicted octanol–water partition coefficient (Wildman–Crippen LogP) is 2.05. The van der Waals surface area contributed by atoms with Crippen molar-refractivity contribution in [3.05, 3.63) is 40.2 Å². The van der Waals surface area contributed by atoms with Gasteiger partial charge in [0.15, 0.2) is 0 Å². The van der Waals surface area contributed by atoms with E-state index in [4.69, 9.17) is 4.42 Å². The van der Waals surface area contributed by atoms with Gasteiger partial charge in [-0.2, -0.15) is 0 Å². The first-order chi connectivity index (χ1) is 11.5. The number of hydrogen-bond acceptors (Lipinski definition) is 4. The maximum atomic E-state index is 12.4. The topological polar surface area (TPSA) is 79.6 Å². The Kier molecular flexibility index (Phi) is 3.40. The van der Waals surface area contributed by atoms with E-state index in [9.17, 15) is 14.4 Å². The summed E-state index contributed by atoms with van der Waals surface area (Å²) in [5, 5.41) is 3.67. The highest BCUT2D eigenvalue weighted by atomic mass is 16.4. The van der Waals surface area contributed by atoms with E-state index in [1.165, 1.54) is 6.07 Å². The first kappa shape index (κ1) is 14.9. The monoisotopic (exact) mass is 326 g/mol. The van der Waals surface area contributed by atoms with Crippen molar-refractivity contribution in [1.82, 2.24) is 4.90 Å². The molecule has 1 saturated carbocycles. The number of anilines is 1. The smallest absolute Gasteiger partial charge is 0.336 e. The minimum Gasteiger partial charge on any atom is -0.423 e. The molecule has 1 atom stereocenters. The van der Waals surface area contributed by atoms with Crippen LogP contribution in [0.3, 0.4) is 0 Å². The Morgan fingerprint density at radius 2 is 2.04 bits per heavy atom. The highest BCUT2D eigenvalue weighted by Crippen LogP contribution is 2.33. The van der Waals surface area contributed by atoms with Crippen molar-refractivity contribution < 1.29 is 14.0 Å². The lowest BCUT2D eigenvalue weighted by molar-refractivity contribution is -0.128. The third kappa shape index (κ3) is 2.68. The van der Waals surface area contributed by atoms with Crippen LogP contribution in [0.1, 0.15) is 24.8 Å². The Bertz CT molecular complexity index is 898. The molecular weight excluding hydrogens is 308 g/mol. The second kappa shape index (κ2) is 5.47. The fraction of sp³-hybridized carbons (Fsp3) is 0.389. The summed E-state index contributed by atoms with van der Waals surface area (Å²) in [5.41, 5.74) is 1.43. The third-order valence-corrected chi connectivity index (χ3v) is 4.74. The molecule has 1 aromatic carbocycles. The van der Waals surface area contributed by atoms with E-state index in [1.807, 2.05) is 17.9 Å².